The molecule has 0 aliphatic carbocycles. The van der Waals surface area contributed by atoms with Crippen LogP contribution in [-0.4, -0.2) is 35.8 Å². The van der Waals surface area contributed by atoms with Crippen molar-refractivity contribution in [2.75, 3.05) is 0 Å². The smallest absolute Gasteiger partial charge is 0.545 e. The molecule has 0 fully saturated rings. The zero-order valence-corrected chi connectivity index (χ0v) is 31.1. The Kier molecular flexibility index (Phi) is 25.0. The summed E-state index contributed by atoms with van der Waals surface area (Å²) >= 11 is 0. The average molecular weight is 524 g/mol. The molecule has 2 rings (SSSR count). The number of carbonyl (C=O) groups is 6. The van der Waals surface area contributed by atoms with Gasteiger partial charge in [0.05, 0.1) is 35.8 Å². The molecule has 0 saturated heterocycles. The molecule has 34 heavy (non-hydrogen) atoms. The Morgan fingerprint density at radius 3 is 0.735 bits per heavy atom. The second kappa shape index (κ2) is 18.7. The van der Waals surface area contributed by atoms with Crippen LogP contribution in [0, 0.1) is 0 Å². The molecular formula is C16H2Na6O12. The zero-order chi connectivity index (χ0) is 21.5. The standard InChI is InChI=1S/C16H8O12.6Na/c17-11(18)3-1-5(13(21)22)9(15(25)26)8-4(12(19)20)2-6(14(23)24)10(7(3)8)16(27)28;;;;;;/h1-2H,(H,17,18)(H,19,20)(H,21,22)(H,23,24)(H,25,26)(H,27,28);;;;;;/q;6*+1/p-6. The summed E-state index contributed by atoms with van der Waals surface area (Å²) in [5.41, 5.74) is -8.45. The monoisotopic (exact) mass is 524 g/mol. The van der Waals surface area contributed by atoms with Gasteiger partial charge >= 0.3 is 177 Å². The van der Waals surface area contributed by atoms with E-state index in [1.54, 1.807) is 0 Å². The van der Waals surface area contributed by atoms with Crippen LogP contribution in [0.5, 0.6) is 0 Å². The summed E-state index contributed by atoms with van der Waals surface area (Å²) < 4.78 is 0. The van der Waals surface area contributed by atoms with Gasteiger partial charge in [0, 0.05) is 44.2 Å². The van der Waals surface area contributed by atoms with Crippen LogP contribution < -0.4 is 208 Å². The first-order valence-corrected chi connectivity index (χ1v) is 6.85. The molecule has 0 saturated carbocycles. The third-order valence-electron chi connectivity index (χ3n) is 3.69. The van der Waals surface area contributed by atoms with Gasteiger partial charge in [-0.1, -0.05) is 0 Å². The topological polar surface area (TPSA) is 241 Å². The van der Waals surface area contributed by atoms with Crippen molar-refractivity contribution in [1.82, 2.24) is 0 Å². The third-order valence-corrected chi connectivity index (χ3v) is 3.69. The predicted molar refractivity (Wildman–Crippen MR) is 69.9 cm³/mol. The summed E-state index contributed by atoms with van der Waals surface area (Å²) in [5.74, 6) is -13.9. The molecule has 0 amide bonds. The van der Waals surface area contributed by atoms with Crippen molar-refractivity contribution in [3.8, 4) is 0 Å². The minimum absolute atomic E-state index is 0. The van der Waals surface area contributed by atoms with E-state index in [0.717, 1.165) is 0 Å². The van der Waals surface area contributed by atoms with Gasteiger partial charge in [-0.15, -0.1) is 0 Å². The van der Waals surface area contributed by atoms with E-state index in [9.17, 15) is 59.4 Å². The number of carboxylic acids is 6. The predicted octanol–water partition coefficient (Wildman–Crippen LogP) is -25.0. The van der Waals surface area contributed by atoms with Gasteiger partial charge in [0.25, 0.3) is 0 Å². The average Bonchev–Trinajstić information content (AvgIpc) is 2.57. The van der Waals surface area contributed by atoms with Crippen molar-refractivity contribution in [1.29, 1.82) is 0 Å². The normalized spacial score (nSPS) is 8.59. The van der Waals surface area contributed by atoms with E-state index >= 15 is 0 Å². The van der Waals surface area contributed by atoms with Crippen molar-refractivity contribution in [3.63, 3.8) is 0 Å². The van der Waals surface area contributed by atoms with Crippen LogP contribution >= 0.6 is 0 Å². The summed E-state index contributed by atoms with van der Waals surface area (Å²) in [6.45, 7) is 0. The molecule has 0 heterocycles. The van der Waals surface area contributed by atoms with E-state index in [1.165, 1.54) is 0 Å². The second-order valence-corrected chi connectivity index (χ2v) is 5.17. The van der Waals surface area contributed by atoms with Crippen LogP contribution in [0.2, 0.25) is 0 Å². The summed E-state index contributed by atoms with van der Waals surface area (Å²) in [7, 11) is 0. The van der Waals surface area contributed by atoms with Crippen molar-refractivity contribution >= 4 is 46.6 Å². The van der Waals surface area contributed by atoms with Crippen LogP contribution in [0.15, 0.2) is 12.1 Å². The van der Waals surface area contributed by atoms with Crippen LogP contribution in [0.3, 0.4) is 0 Å². The number of carboxylic acid groups (broad SMARTS) is 6. The summed E-state index contributed by atoms with van der Waals surface area (Å²) in [5, 5.41) is 65.4. The molecule has 0 aliphatic rings. The maximum absolute atomic E-state index is 11.4. The van der Waals surface area contributed by atoms with E-state index in [4.69, 9.17) is 0 Å². The molecular weight excluding hydrogens is 522 g/mol. The zero-order valence-electron chi connectivity index (χ0n) is 19.1. The van der Waals surface area contributed by atoms with Crippen LogP contribution in [-0.2, 0) is 0 Å². The first-order valence-electron chi connectivity index (χ1n) is 6.85. The third kappa shape index (κ3) is 9.37. The summed E-state index contributed by atoms with van der Waals surface area (Å²) in [6, 6.07) is 0.200. The van der Waals surface area contributed by atoms with Crippen molar-refractivity contribution in [2.24, 2.45) is 0 Å². The van der Waals surface area contributed by atoms with E-state index < -0.39 is 80.0 Å². The fourth-order valence-corrected chi connectivity index (χ4v) is 2.70. The first-order chi connectivity index (χ1) is 12.9. The summed E-state index contributed by atoms with van der Waals surface area (Å²) in [6.07, 6.45) is 0. The second-order valence-electron chi connectivity index (χ2n) is 5.17. The summed E-state index contributed by atoms with van der Waals surface area (Å²) in [4.78, 5) is 68.0. The molecule has 0 spiro atoms. The van der Waals surface area contributed by atoms with Crippen molar-refractivity contribution in [3.05, 3.63) is 45.5 Å². The number of hydrogen-bond donors (Lipinski definition) is 0. The minimum atomic E-state index is -2.36. The van der Waals surface area contributed by atoms with Gasteiger partial charge < -0.3 is 59.4 Å². The Hall–Kier alpha value is 1.52. The molecule has 0 unspecified atom stereocenters. The fraction of sp³-hybridized carbons (Fsp3) is 0. The first kappa shape index (κ1) is 45.4. The Morgan fingerprint density at radius 2 is 0.588 bits per heavy atom. The number of hydrogen-bond acceptors (Lipinski definition) is 12. The van der Waals surface area contributed by atoms with E-state index in [-0.39, 0.29) is 189 Å². The largest absolute Gasteiger partial charge is 1.00 e. The van der Waals surface area contributed by atoms with Gasteiger partial charge in [0.1, 0.15) is 0 Å². The van der Waals surface area contributed by atoms with Gasteiger partial charge in [-0.05, 0) is 12.1 Å². The molecule has 2 aromatic rings. The molecule has 144 valence electrons. The molecule has 0 bridgehead atoms. The molecule has 0 radical (unpaired) electrons. The van der Waals surface area contributed by atoms with Crippen molar-refractivity contribution < 1.29 is 237 Å². The fourth-order valence-electron chi connectivity index (χ4n) is 2.70. The Bertz CT molecular complexity index is 1060. The molecule has 18 heteroatoms. The number of fused-ring (bicyclic) bond motifs is 1. The number of carbonyl (C=O) groups excluding carboxylic acids is 6. The van der Waals surface area contributed by atoms with Gasteiger partial charge in [0.15, 0.2) is 0 Å². The Balaban J connectivity index is -0.000000467. The van der Waals surface area contributed by atoms with Crippen LogP contribution in [0.1, 0.15) is 62.1 Å². The number of aromatic carboxylic acids is 6. The number of rotatable bonds is 6. The van der Waals surface area contributed by atoms with Gasteiger partial charge in [-0.2, -0.15) is 0 Å². The SMILES string of the molecule is O=C([O-])c1cc(C(=O)[O-])c2c(C(=O)[O-])c(C(=O)[O-])cc(C(=O)[O-])c2c1C(=O)[O-].[Na+].[Na+].[Na+].[Na+].[Na+].[Na+]. The molecule has 0 N–H and O–H groups in total. The van der Waals surface area contributed by atoms with Gasteiger partial charge in [-0.3, -0.25) is 0 Å². The minimum Gasteiger partial charge on any atom is -0.545 e. The van der Waals surface area contributed by atoms with Gasteiger partial charge in [0.2, 0.25) is 0 Å². The van der Waals surface area contributed by atoms with E-state index in [1.807, 2.05) is 0 Å². The van der Waals surface area contributed by atoms with Crippen LogP contribution in [0.4, 0.5) is 0 Å². The maximum atomic E-state index is 11.4. The van der Waals surface area contributed by atoms with Crippen LogP contribution in [0.25, 0.3) is 10.8 Å². The molecule has 0 aromatic heterocycles. The van der Waals surface area contributed by atoms with E-state index in [2.05, 4.69) is 0 Å². The Morgan fingerprint density at radius 1 is 0.382 bits per heavy atom. The van der Waals surface area contributed by atoms with Gasteiger partial charge in [-0.25, -0.2) is 0 Å². The Labute approximate surface area is 323 Å². The molecule has 0 aliphatic heterocycles. The molecule has 0 atom stereocenters. The number of benzene rings is 2. The van der Waals surface area contributed by atoms with Crippen molar-refractivity contribution in [2.45, 2.75) is 0 Å². The molecule has 12 nitrogen and oxygen atoms in total. The van der Waals surface area contributed by atoms with E-state index in [0.29, 0.717) is 0 Å². The quantitative estimate of drug-likeness (QED) is 0.320. The molecule has 2 aromatic carbocycles. The maximum Gasteiger partial charge on any atom is 1.00 e.